The zero-order chi connectivity index (χ0) is 20.4. The number of hydrogen-bond donors (Lipinski definition) is 2. The number of aryl methyl sites for hydroxylation is 1. The van der Waals surface area contributed by atoms with Crippen LogP contribution in [-0.4, -0.2) is 38.2 Å². The van der Waals surface area contributed by atoms with Crippen LogP contribution in [0, 0.1) is 6.92 Å². The van der Waals surface area contributed by atoms with Gasteiger partial charge in [-0.15, -0.1) is 0 Å². The van der Waals surface area contributed by atoms with Gasteiger partial charge in [0, 0.05) is 17.2 Å². The molecule has 0 spiro atoms. The van der Waals surface area contributed by atoms with E-state index in [0.717, 1.165) is 5.56 Å². The summed E-state index contributed by atoms with van der Waals surface area (Å²) < 4.78 is 16.1. The Kier molecular flexibility index (Phi) is 8.58. The first-order valence-corrected chi connectivity index (χ1v) is 9.16. The molecule has 0 aromatic heterocycles. The molecule has 2 rings (SSSR count). The van der Waals surface area contributed by atoms with E-state index in [2.05, 4.69) is 10.9 Å². The third-order valence-electron chi connectivity index (χ3n) is 3.61. The van der Waals surface area contributed by atoms with E-state index in [4.69, 9.17) is 25.8 Å². The Morgan fingerprint density at radius 1 is 1.00 bits per heavy atom. The molecule has 0 aliphatic rings. The van der Waals surface area contributed by atoms with Crippen LogP contribution in [0.25, 0.3) is 0 Å². The highest BCUT2D eigenvalue weighted by Gasteiger charge is 2.09. The standard InChI is InChI=1S/C20H23ClN2O5/c1-3-26-9-10-27-16-6-4-5-15(12-16)20(25)23-22-19(24)13-28-17-7-8-18(21)14(2)11-17/h4-8,11-12H,3,9-10,13H2,1-2H3,(H,22,24)(H,23,25). The maximum atomic E-state index is 12.2. The van der Waals surface area contributed by atoms with Crippen LogP contribution in [-0.2, 0) is 9.53 Å². The summed E-state index contributed by atoms with van der Waals surface area (Å²) in [6.07, 6.45) is 0. The Labute approximate surface area is 168 Å². The highest BCUT2D eigenvalue weighted by Crippen LogP contribution is 2.20. The van der Waals surface area contributed by atoms with E-state index in [0.29, 0.717) is 41.9 Å². The lowest BCUT2D eigenvalue weighted by Gasteiger charge is -2.11. The SMILES string of the molecule is CCOCCOc1cccc(C(=O)NNC(=O)COc2ccc(Cl)c(C)c2)c1. The largest absolute Gasteiger partial charge is 0.491 e. The summed E-state index contributed by atoms with van der Waals surface area (Å²) in [6.45, 7) is 4.97. The van der Waals surface area contributed by atoms with Gasteiger partial charge in [-0.25, -0.2) is 0 Å². The van der Waals surface area contributed by atoms with E-state index in [-0.39, 0.29) is 6.61 Å². The Balaban J connectivity index is 1.77. The zero-order valence-corrected chi connectivity index (χ0v) is 16.5. The second-order valence-corrected chi connectivity index (χ2v) is 6.18. The molecule has 28 heavy (non-hydrogen) atoms. The molecule has 0 atom stereocenters. The number of hydrogen-bond acceptors (Lipinski definition) is 5. The molecular weight excluding hydrogens is 384 g/mol. The Bertz CT molecular complexity index is 813. The second-order valence-electron chi connectivity index (χ2n) is 5.78. The topological polar surface area (TPSA) is 85.9 Å². The van der Waals surface area contributed by atoms with Gasteiger partial charge in [-0.05, 0) is 55.8 Å². The molecule has 0 saturated heterocycles. The molecule has 0 radical (unpaired) electrons. The van der Waals surface area contributed by atoms with Crippen molar-refractivity contribution in [2.75, 3.05) is 26.4 Å². The van der Waals surface area contributed by atoms with Crippen molar-refractivity contribution in [3.05, 3.63) is 58.6 Å². The highest BCUT2D eigenvalue weighted by molar-refractivity contribution is 6.31. The van der Waals surface area contributed by atoms with Crippen LogP contribution >= 0.6 is 11.6 Å². The number of amides is 2. The number of rotatable bonds is 9. The molecule has 7 nitrogen and oxygen atoms in total. The van der Waals surface area contributed by atoms with E-state index < -0.39 is 11.8 Å². The summed E-state index contributed by atoms with van der Waals surface area (Å²) >= 11 is 5.94. The fourth-order valence-corrected chi connectivity index (χ4v) is 2.30. The zero-order valence-electron chi connectivity index (χ0n) is 15.8. The molecule has 0 unspecified atom stereocenters. The van der Waals surface area contributed by atoms with Crippen LogP contribution in [0.3, 0.4) is 0 Å². The number of hydrazine groups is 1. The molecule has 0 fully saturated rings. The molecule has 150 valence electrons. The molecule has 0 aliphatic carbocycles. The molecule has 2 N–H and O–H groups in total. The maximum Gasteiger partial charge on any atom is 0.276 e. The number of carbonyl (C=O) groups is 2. The average Bonchev–Trinajstić information content (AvgIpc) is 2.70. The molecule has 8 heteroatoms. The minimum Gasteiger partial charge on any atom is -0.491 e. The lowest BCUT2D eigenvalue weighted by molar-refractivity contribution is -0.123. The Morgan fingerprint density at radius 3 is 2.54 bits per heavy atom. The third kappa shape index (κ3) is 7.09. The highest BCUT2D eigenvalue weighted by atomic mass is 35.5. The van der Waals surface area contributed by atoms with Crippen LogP contribution in [0.5, 0.6) is 11.5 Å². The lowest BCUT2D eigenvalue weighted by Crippen LogP contribution is -2.43. The van der Waals surface area contributed by atoms with E-state index in [1.54, 1.807) is 42.5 Å². The van der Waals surface area contributed by atoms with E-state index in [1.165, 1.54) is 0 Å². The average molecular weight is 407 g/mol. The molecule has 0 aliphatic heterocycles. The quantitative estimate of drug-likeness (QED) is 0.494. The van der Waals surface area contributed by atoms with Crippen molar-refractivity contribution < 1.29 is 23.8 Å². The Hall–Kier alpha value is -2.77. The van der Waals surface area contributed by atoms with Crippen LogP contribution in [0.15, 0.2) is 42.5 Å². The van der Waals surface area contributed by atoms with Crippen molar-refractivity contribution in [2.45, 2.75) is 13.8 Å². The Morgan fingerprint density at radius 2 is 1.79 bits per heavy atom. The molecule has 2 aromatic carbocycles. The number of ether oxygens (including phenoxy) is 3. The first-order chi connectivity index (χ1) is 13.5. The van der Waals surface area contributed by atoms with Gasteiger partial charge < -0.3 is 14.2 Å². The number of halogens is 1. The molecule has 2 aromatic rings. The van der Waals surface area contributed by atoms with Gasteiger partial charge in [0.2, 0.25) is 0 Å². The minimum absolute atomic E-state index is 0.248. The van der Waals surface area contributed by atoms with Crippen molar-refractivity contribution >= 4 is 23.4 Å². The first-order valence-electron chi connectivity index (χ1n) is 8.78. The fourth-order valence-electron chi connectivity index (χ4n) is 2.18. The van der Waals surface area contributed by atoms with E-state index in [9.17, 15) is 9.59 Å². The van der Waals surface area contributed by atoms with Gasteiger partial charge in [0.1, 0.15) is 18.1 Å². The van der Waals surface area contributed by atoms with E-state index >= 15 is 0 Å². The van der Waals surface area contributed by atoms with Crippen LogP contribution in [0.4, 0.5) is 0 Å². The van der Waals surface area contributed by atoms with Crippen molar-refractivity contribution in [3.63, 3.8) is 0 Å². The molecular formula is C20H23ClN2O5. The van der Waals surface area contributed by atoms with Crippen molar-refractivity contribution in [1.29, 1.82) is 0 Å². The minimum atomic E-state index is -0.495. The predicted octanol–water partition coefficient (Wildman–Crippen LogP) is 2.90. The number of carbonyl (C=O) groups excluding carboxylic acids is 2. The second kappa shape index (κ2) is 11.2. The predicted molar refractivity (Wildman–Crippen MR) is 106 cm³/mol. The fraction of sp³-hybridized carbons (Fsp3) is 0.300. The number of nitrogens with one attached hydrogen (secondary N) is 2. The maximum absolute atomic E-state index is 12.2. The number of benzene rings is 2. The van der Waals surface area contributed by atoms with Gasteiger partial charge in [0.05, 0.1) is 6.61 Å². The van der Waals surface area contributed by atoms with E-state index in [1.807, 2.05) is 13.8 Å². The van der Waals surface area contributed by atoms with Gasteiger partial charge in [0.25, 0.3) is 11.8 Å². The normalized spacial score (nSPS) is 10.2. The van der Waals surface area contributed by atoms with Crippen LogP contribution in [0.2, 0.25) is 5.02 Å². The third-order valence-corrected chi connectivity index (χ3v) is 4.04. The van der Waals surface area contributed by atoms with Gasteiger partial charge in [-0.1, -0.05) is 17.7 Å². The van der Waals surface area contributed by atoms with Crippen molar-refractivity contribution in [2.24, 2.45) is 0 Å². The summed E-state index contributed by atoms with van der Waals surface area (Å²) in [5, 5.41) is 0.619. The molecule has 0 saturated carbocycles. The van der Waals surface area contributed by atoms with Gasteiger partial charge in [0.15, 0.2) is 6.61 Å². The lowest BCUT2D eigenvalue weighted by atomic mass is 10.2. The van der Waals surface area contributed by atoms with Crippen LogP contribution < -0.4 is 20.3 Å². The first kappa shape index (κ1) is 21.5. The molecule has 0 heterocycles. The van der Waals surface area contributed by atoms with Gasteiger partial charge in [-0.3, -0.25) is 20.4 Å². The van der Waals surface area contributed by atoms with Crippen molar-refractivity contribution in [1.82, 2.24) is 10.9 Å². The molecule has 2 amide bonds. The van der Waals surface area contributed by atoms with Gasteiger partial charge >= 0.3 is 0 Å². The van der Waals surface area contributed by atoms with Crippen LogP contribution in [0.1, 0.15) is 22.8 Å². The summed E-state index contributed by atoms with van der Waals surface area (Å²) in [6, 6.07) is 11.7. The summed E-state index contributed by atoms with van der Waals surface area (Å²) in [4.78, 5) is 24.0. The summed E-state index contributed by atoms with van der Waals surface area (Å²) in [5.74, 6) is 0.0939. The van der Waals surface area contributed by atoms with Crippen molar-refractivity contribution in [3.8, 4) is 11.5 Å². The van der Waals surface area contributed by atoms with Gasteiger partial charge in [-0.2, -0.15) is 0 Å². The molecule has 0 bridgehead atoms. The summed E-state index contributed by atoms with van der Waals surface area (Å²) in [5.41, 5.74) is 5.84. The summed E-state index contributed by atoms with van der Waals surface area (Å²) in [7, 11) is 0. The monoisotopic (exact) mass is 406 g/mol. The smallest absolute Gasteiger partial charge is 0.276 e.